The van der Waals surface area contributed by atoms with Crippen LogP contribution in [0.4, 0.5) is 11.4 Å². The van der Waals surface area contributed by atoms with E-state index in [1.165, 1.54) is 0 Å². The highest BCUT2D eigenvalue weighted by Gasteiger charge is 2.43. The minimum atomic E-state index is -0.469. The van der Waals surface area contributed by atoms with Gasteiger partial charge in [0.15, 0.2) is 6.10 Å². The number of carbonyl (C=O) groups is 1. The summed E-state index contributed by atoms with van der Waals surface area (Å²) in [6.07, 6.45) is 1.45. The quantitative estimate of drug-likeness (QED) is 0.760. The van der Waals surface area contributed by atoms with Crippen molar-refractivity contribution in [1.29, 1.82) is 0 Å². The van der Waals surface area contributed by atoms with Crippen molar-refractivity contribution in [2.24, 2.45) is 5.73 Å². The number of benzene rings is 1. The van der Waals surface area contributed by atoms with Crippen molar-refractivity contribution < 1.29 is 9.53 Å². The zero-order valence-corrected chi connectivity index (χ0v) is 10.3. The van der Waals surface area contributed by atoms with Crippen LogP contribution in [0.25, 0.3) is 0 Å². The number of carbonyl (C=O) groups excluding carboxylic acids is 1. The lowest BCUT2D eigenvalue weighted by Gasteiger charge is -2.34. The van der Waals surface area contributed by atoms with Gasteiger partial charge >= 0.3 is 0 Å². The average Bonchev–Trinajstić information content (AvgIpc) is 3.04. The van der Waals surface area contributed by atoms with Gasteiger partial charge in [0.1, 0.15) is 5.75 Å². The molecule has 5 heteroatoms. The molecule has 0 spiro atoms. The van der Waals surface area contributed by atoms with Crippen LogP contribution in [0, 0.1) is 0 Å². The molecule has 1 aliphatic carbocycles. The maximum absolute atomic E-state index is 12.2. The highest BCUT2D eigenvalue weighted by molar-refractivity contribution is 6.00. The van der Waals surface area contributed by atoms with Crippen molar-refractivity contribution in [3.8, 4) is 5.75 Å². The number of fused-ring (bicyclic) bond motifs is 1. The third-order valence-corrected chi connectivity index (χ3v) is 3.56. The molecule has 1 saturated carbocycles. The molecule has 18 heavy (non-hydrogen) atoms. The largest absolute Gasteiger partial charge is 0.479 e. The molecule has 5 nitrogen and oxygen atoms in total. The van der Waals surface area contributed by atoms with Crippen LogP contribution in [0.3, 0.4) is 0 Å². The highest BCUT2D eigenvalue weighted by atomic mass is 16.5. The number of ether oxygens (including phenoxy) is 1. The predicted molar refractivity (Wildman–Crippen MR) is 69.4 cm³/mol. The first-order valence-electron chi connectivity index (χ1n) is 6.15. The first-order valence-corrected chi connectivity index (χ1v) is 6.15. The summed E-state index contributed by atoms with van der Waals surface area (Å²) >= 11 is 0. The van der Waals surface area contributed by atoms with E-state index in [0.717, 1.165) is 18.5 Å². The minimum Gasteiger partial charge on any atom is -0.479 e. The molecule has 3 rings (SSSR count). The number of amides is 1. The second kappa shape index (κ2) is 3.62. The normalized spacial score (nSPS) is 24.4. The Bertz CT molecular complexity index is 511. The van der Waals surface area contributed by atoms with Crippen LogP contribution in [0.15, 0.2) is 18.2 Å². The van der Waals surface area contributed by atoms with Crippen LogP contribution in [0.2, 0.25) is 0 Å². The lowest BCUT2D eigenvalue weighted by Crippen LogP contribution is -2.50. The maximum Gasteiger partial charge on any atom is 0.267 e. The molecular formula is C13H17N3O2. The van der Waals surface area contributed by atoms with Gasteiger partial charge in [-0.25, -0.2) is 0 Å². The Balaban J connectivity index is 2.00. The van der Waals surface area contributed by atoms with Gasteiger partial charge in [-0.05, 0) is 38.0 Å². The van der Waals surface area contributed by atoms with Crippen molar-refractivity contribution in [3.05, 3.63) is 18.2 Å². The number of nitrogens with two attached hydrogens (primary N) is 2. The summed E-state index contributed by atoms with van der Waals surface area (Å²) in [6.45, 7) is 2.29. The Morgan fingerprint density at radius 3 is 2.89 bits per heavy atom. The Hall–Kier alpha value is -1.75. The van der Waals surface area contributed by atoms with Crippen LogP contribution in [-0.2, 0) is 4.79 Å². The Kier molecular flexibility index (Phi) is 2.28. The number of nitrogens with zero attached hydrogens (tertiary/aromatic N) is 1. The van der Waals surface area contributed by atoms with Crippen LogP contribution < -0.4 is 21.1 Å². The molecule has 0 radical (unpaired) electrons. The fourth-order valence-electron chi connectivity index (χ4n) is 2.22. The van der Waals surface area contributed by atoms with E-state index < -0.39 is 6.10 Å². The summed E-state index contributed by atoms with van der Waals surface area (Å²) in [6, 6.07) is 5.34. The van der Waals surface area contributed by atoms with E-state index in [9.17, 15) is 4.79 Å². The second-order valence-electron chi connectivity index (χ2n) is 5.27. The monoisotopic (exact) mass is 247 g/mol. The molecular weight excluding hydrogens is 230 g/mol. The van der Waals surface area contributed by atoms with E-state index >= 15 is 0 Å². The summed E-state index contributed by atoms with van der Waals surface area (Å²) in [5.41, 5.74) is 13.0. The van der Waals surface area contributed by atoms with E-state index in [2.05, 4.69) is 0 Å². The van der Waals surface area contributed by atoms with Crippen LogP contribution in [-0.4, -0.2) is 24.1 Å². The number of anilines is 2. The van der Waals surface area contributed by atoms with Crippen molar-refractivity contribution >= 4 is 17.3 Å². The maximum atomic E-state index is 12.2. The van der Waals surface area contributed by atoms with Crippen molar-refractivity contribution in [2.75, 3.05) is 17.2 Å². The fraction of sp³-hybridized carbons (Fsp3) is 0.462. The molecule has 0 aromatic heterocycles. The van der Waals surface area contributed by atoms with E-state index in [0.29, 0.717) is 18.0 Å². The topological polar surface area (TPSA) is 81.6 Å². The molecule has 2 aliphatic rings. The molecule has 1 atom stereocenters. The summed E-state index contributed by atoms with van der Waals surface area (Å²) in [5, 5.41) is 0. The van der Waals surface area contributed by atoms with Gasteiger partial charge in [0, 0.05) is 17.8 Å². The van der Waals surface area contributed by atoms with Crippen LogP contribution >= 0.6 is 0 Å². The van der Waals surface area contributed by atoms with Gasteiger partial charge in [-0.1, -0.05) is 0 Å². The lowest BCUT2D eigenvalue weighted by atomic mass is 10.1. The van der Waals surface area contributed by atoms with Crippen LogP contribution in [0.1, 0.15) is 19.8 Å². The zero-order chi connectivity index (χ0) is 12.9. The first-order chi connectivity index (χ1) is 8.48. The third-order valence-electron chi connectivity index (χ3n) is 3.56. The van der Waals surface area contributed by atoms with Crippen molar-refractivity contribution in [2.45, 2.75) is 31.4 Å². The lowest BCUT2D eigenvalue weighted by molar-refractivity contribution is -0.125. The smallest absolute Gasteiger partial charge is 0.267 e. The molecule has 1 aromatic carbocycles. The van der Waals surface area contributed by atoms with Gasteiger partial charge in [-0.15, -0.1) is 0 Å². The van der Waals surface area contributed by atoms with E-state index in [1.807, 2.05) is 0 Å². The van der Waals surface area contributed by atoms with E-state index in [1.54, 1.807) is 30.0 Å². The minimum absolute atomic E-state index is 0.0511. The van der Waals surface area contributed by atoms with Crippen molar-refractivity contribution in [3.63, 3.8) is 0 Å². The summed E-state index contributed by atoms with van der Waals surface area (Å²) in [5.74, 6) is 0.644. The fourth-order valence-corrected chi connectivity index (χ4v) is 2.22. The molecule has 1 unspecified atom stereocenters. The zero-order valence-electron chi connectivity index (χ0n) is 10.3. The van der Waals surface area contributed by atoms with Gasteiger partial charge in [-0.2, -0.15) is 0 Å². The van der Waals surface area contributed by atoms with E-state index in [-0.39, 0.29) is 11.4 Å². The number of rotatable bonds is 2. The molecule has 0 bridgehead atoms. The summed E-state index contributed by atoms with van der Waals surface area (Å²) in [7, 11) is 0. The Morgan fingerprint density at radius 2 is 2.22 bits per heavy atom. The Labute approximate surface area is 106 Å². The molecule has 96 valence electrons. The molecule has 1 amide bonds. The van der Waals surface area contributed by atoms with Gasteiger partial charge < -0.3 is 21.1 Å². The predicted octanol–water partition coefficient (Wildman–Crippen LogP) is 0.874. The van der Waals surface area contributed by atoms with Crippen LogP contribution in [0.5, 0.6) is 5.75 Å². The average molecular weight is 247 g/mol. The molecule has 1 aliphatic heterocycles. The van der Waals surface area contributed by atoms with Gasteiger partial charge in [0.25, 0.3) is 5.91 Å². The summed E-state index contributed by atoms with van der Waals surface area (Å²) in [4.78, 5) is 13.9. The standard InChI is InChI=1S/C13H17N3O2/c1-8-12(17)16(7-13(15)4-5-13)10-6-9(14)2-3-11(10)18-8/h2-3,6,8H,4-5,7,14-15H2,1H3. The molecule has 1 aromatic rings. The number of hydrogen-bond donors (Lipinski definition) is 2. The molecule has 1 fully saturated rings. The number of hydrogen-bond acceptors (Lipinski definition) is 4. The molecule has 0 saturated heterocycles. The van der Waals surface area contributed by atoms with E-state index in [4.69, 9.17) is 16.2 Å². The van der Waals surface area contributed by atoms with Gasteiger partial charge in [0.05, 0.1) is 5.69 Å². The Morgan fingerprint density at radius 1 is 1.50 bits per heavy atom. The highest BCUT2D eigenvalue weighted by Crippen LogP contribution is 2.40. The second-order valence-corrected chi connectivity index (χ2v) is 5.27. The first kappa shape index (κ1) is 11.3. The molecule has 4 N–H and O–H groups in total. The van der Waals surface area contributed by atoms with Crippen molar-refractivity contribution in [1.82, 2.24) is 0 Å². The third kappa shape index (κ3) is 1.80. The SMILES string of the molecule is CC1Oc2ccc(N)cc2N(CC2(N)CC2)C1=O. The molecule has 1 heterocycles. The summed E-state index contributed by atoms with van der Waals surface area (Å²) < 4.78 is 5.58. The van der Waals surface area contributed by atoms with Gasteiger partial charge in [0.2, 0.25) is 0 Å². The number of nitrogen functional groups attached to an aromatic ring is 1. The van der Waals surface area contributed by atoms with Gasteiger partial charge in [-0.3, -0.25) is 4.79 Å².